The zero-order valence-corrected chi connectivity index (χ0v) is 15.8. The van der Waals surface area contributed by atoms with E-state index in [4.69, 9.17) is 4.74 Å². The van der Waals surface area contributed by atoms with Gasteiger partial charge in [0.25, 0.3) is 5.91 Å². The van der Waals surface area contributed by atoms with Crippen LogP contribution < -0.4 is 10.6 Å². The molecule has 29 heavy (non-hydrogen) atoms. The van der Waals surface area contributed by atoms with Gasteiger partial charge < -0.3 is 19.9 Å². The largest absolute Gasteiger partial charge is 0.381 e. The molecule has 2 N–H and O–H groups in total. The topological polar surface area (TPSA) is 108 Å². The van der Waals surface area contributed by atoms with Gasteiger partial charge in [0.15, 0.2) is 0 Å². The first-order chi connectivity index (χ1) is 14.0. The summed E-state index contributed by atoms with van der Waals surface area (Å²) in [6, 6.07) is 4.40. The van der Waals surface area contributed by atoms with Gasteiger partial charge in [0.05, 0.1) is 13.2 Å². The highest BCUT2D eigenvalue weighted by Gasteiger charge is 2.40. The average molecular weight is 398 g/mol. The van der Waals surface area contributed by atoms with Gasteiger partial charge in [0.1, 0.15) is 6.04 Å². The molecule has 1 aromatic rings. The minimum absolute atomic E-state index is 0.147. The van der Waals surface area contributed by atoms with Crippen molar-refractivity contribution in [2.75, 3.05) is 31.6 Å². The number of benzene rings is 1. The van der Waals surface area contributed by atoms with Crippen molar-refractivity contribution < 1.29 is 23.9 Å². The molecule has 4 aliphatic heterocycles. The number of carbonyl (C=O) groups is 4. The molecule has 0 bridgehead atoms. The molecule has 9 nitrogen and oxygen atoms in total. The van der Waals surface area contributed by atoms with E-state index in [1.165, 1.54) is 4.90 Å². The number of fused-ring (bicyclic) bond motifs is 2. The van der Waals surface area contributed by atoms with Gasteiger partial charge in [-0.1, -0.05) is 0 Å². The maximum atomic E-state index is 12.7. The Bertz CT molecular complexity index is 904. The highest BCUT2D eigenvalue weighted by molar-refractivity contribution is 6.05. The van der Waals surface area contributed by atoms with Crippen LogP contribution >= 0.6 is 0 Å². The summed E-state index contributed by atoms with van der Waals surface area (Å²) in [6.45, 7) is 3.11. The van der Waals surface area contributed by atoms with E-state index < -0.39 is 11.9 Å². The standard InChI is InChI=1S/C20H22N4O5/c25-17-4-3-16(18(26)22-17)24-8-11-5-14(1-2-15(11)19(24)27)21-20(28)23-6-12-9-29-10-13(12)7-23/h1-2,5,12-13,16H,3-4,6-10H2,(H,21,28)(H,22,25,26)/t12-,13+,16?. The Morgan fingerprint density at radius 3 is 2.62 bits per heavy atom. The third-order valence-electron chi connectivity index (χ3n) is 6.30. The summed E-state index contributed by atoms with van der Waals surface area (Å²) in [7, 11) is 0. The zero-order chi connectivity index (χ0) is 20.1. The lowest BCUT2D eigenvalue weighted by atomic mass is 10.0. The van der Waals surface area contributed by atoms with Crippen molar-refractivity contribution in [1.82, 2.24) is 15.1 Å². The highest BCUT2D eigenvalue weighted by atomic mass is 16.5. The second kappa shape index (κ2) is 6.84. The molecule has 5 rings (SSSR count). The predicted octanol–water partition coefficient (Wildman–Crippen LogP) is 0.558. The number of urea groups is 1. The average Bonchev–Trinajstić information content (AvgIpc) is 3.36. The van der Waals surface area contributed by atoms with E-state index in [1.807, 2.05) is 4.90 Å². The van der Waals surface area contributed by atoms with Crippen molar-refractivity contribution >= 4 is 29.4 Å². The van der Waals surface area contributed by atoms with Gasteiger partial charge in [0.2, 0.25) is 11.8 Å². The Hall–Kier alpha value is -2.94. The molecule has 5 amide bonds. The summed E-state index contributed by atoms with van der Waals surface area (Å²) in [5, 5.41) is 5.21. The lowest BCUT2D eigenvalue weighted by molar-refractivity contribution is -0.136. The number of anilines is 1. The molecule has 3 atom stereocenters. The number of hydrogen-bond donors (Lipinski definition) is 2. The third-order valence-corrected chi connectivity index (χ3v) is 6.30. The summed E-state index contributed by atoms with van der Waals surface area (Å²) >= 11 is 0. The first-order valence-corrected chi connectivity index (χ1v) is 9.91. The van der Waals surface area contributed by atoms with E-state index in [0.717, 1.165) is 5.56 Å². The molecule has 1 aromatic carbocycles. The molecule has 0 saturated carbocycles. The number of hydrogen-bond acceptors (Lipinski definition) is 5. The SMILES string of the molecule is O=C1CCC(N2Cc3cc(NC(=O)N4C[C@H]5COC[C@H]5C4)ccc3C2=O)C(=O)N1. The van der Waals surface area contributed by atoms with E-state index >= 15 is 0 Å². The molecule has 0 spiro atoms. The van der Waals surface area contributed by atoms with E-state index in [0.29, 0.717) is 55.8 Å². The molecule has 3 saturated heterocycles. The summed E-state index contributed by atoms with van der Waals surface area (Å²) in [4.78, 5) is 52.1. The molecule has 3 fully saturated rings. The Kier molecular flexibility index (Phi) is 4.27. The van der Waals surface area contributed by atoms with Gasteiger partial charge in [-0.3, -0.25) is 19.7 Å². The van der Waals surface area contributed by atoms with E-state index in [2.05, 4.69) is 10.6 Å². The monoisotopic (exact) mass is 398 g/mol. The first kappa shape index (κ1) is 18.1. The second-order valence-electron chi connectivity index (χ2n) is 8.16. The molecule has 0 aromatic heterocycles. The zero-order valence-electron chi connectivity index (χ0n) is 15.8. The van der Waals surface area contributed by atoms with Crippen LogP contribution in [0.4, 0.5) is 10.5 Å². The van der Waals surface area contributed by atoms with Crippen LogP contribution in [0.15, 0.2) is 18.2 Å². The Labute approximate surface area is 167 Å². The molecule has 0 radical (unpaired) electrons. The summed E-state index contributed by atoms with van der Waals surface area (Å²) in [6.07, 6.45) is 0.551. The van der Waals surface area contributed by atoms with Crippen molar-refractivity contribution in [2.45, 2.75) is 25.4 Å². The molecule has 9 heteroatoms. The molecule has 1 unspecified atom stereocenters. The number of nitrogens with zero attached hydrogens (tertiary/aromatic N) is 2. The Morgan fingerprint density at radius 1 is 1.14 bits per heavy atom. The Balaban J connectivity index is 1.27. The van der Waals surface area contributed by atoms with Crippen molar-refractivity contribution in [3.63, 3.8) is 0 Å². The minimum atomic E-state index is -0.642. The fraction of sp³-hybridized carbons (Fsp3) is 0.500. The molecule has 0 aliphatic carbocycles. The van der Waals surface area contributed by atoms with Gasteiger partial charge in [-0.05, 0) is 30.2 Å². The van der Waals surface area contributed by atoms with Crippen LogP contribution in [0.5, 0.6) is 0 Å². The normalized spacial score (nSPS) is 28.4. The predicted molar refractivity (Wildman–Crippen MR) is 101 cm³/mol. The lowest BCUT2D eigenvalue weighted by Gasteiger charge is -2.29. The van der Waals surface area contributed by atoms with Crippen LogP contribution in [0.3, 0.4) is 0 Å². The maximum absolute atomic E-state index is 12.7. The number of piperidine rings is 1. The van der Waals surface area contributed by atoms with Crippen LogP contribution in [-0.2, 0) is 20.9 Å². The third kappa shape index (κ3) is 3.15. The fourth-order valence-electron chi connectivity index (χ4n) is 4.71. The number of ether oxygens (including phenoxy) is 1. The smallest absolute Gasteiger partial charge is 0.321 e. The van der Waals surface area contributed by atoms with Gasteiger partial charge in [0, 0.05) is 49.1 Å². The lowest BCUT2D eigenvalue weighted by Crippen LogP contribution is -2.52. The van der Waals surface area contributed by atoms with E-state index in [9.17, 15) is 19.2 Å². The highest BCUT2D eigenvalue weighted by Crippen LogP contribution is 2.31. The Morgan fingerprint density at radius 2 is 1.90 bits per heavy atom. The van der Waals surface area contributed by atoms with Crippen molar-refractivity contribution in [3.8, 4) is 0 Å². The number of likely N-dealkylation sites (tertiary alicyclic amines) is 1. The number of carbonyl (C=O) groups excluding carboxylic acids is 4. The van der Waals surface area contributed by atoms with Gasteiger partial charge in [-0.25, -0.2) is 4.79 Å². The second-order valence-corrected chi connectivity index (χ2v) is 8.16. The van der Waals surface area contributed by atoms with E-state index in [1.54, 1.807) is 18.2 Å². The van der Waals surface area contributed by atoms with Crippen molar-refractivity contribution in [2.24, 2.45) is 11.8 Å². The van der Waals surface area contributed by atoms with Crippen molar-refractivity contribution in [1.29, 1.82) is 0 Å². The number of nitrogens with one attached hydrogen (secondary N) is 2. The summed E-state index contributed by atoms with van der Waals surface area (Å²) < 4.78 is 5.45. The molecule has 152 valence electrons. The summed E-state index contributed by atoms with van der Waals surface area (Å²) in [5.74, 6) is -0.127. The van der Waals surface area contributed by atoms with Crippen molar-refractivity contribution in [3.05, 3.63) is 29.3 Å². The number of imide groups is 1. The van der Waals surface area contributed by atoms with Crippen LogP contribution in [0.1, 0.15) is 28.8 Å². The van der Waals surface area contributed by atoms with Crippen LogP contribution in [0.2, 0.25) is 0 Å². The van der Waals surface area contributed by atoms with Gasteiger partial charge in [-0.2, -0.15) is 0 Å². The fourth-order valence-corrected chi connectivity index (χ4v) is 4.71. The van der Waals surface area contributed by atoms with Crippen LogP contribution in [0, 0.1) is 11.8 Å². The molecule has 4 heterocycles. The molecule has 4 aliphatic rings. The number of rotatable bonds is 2. The molecular formula is C20H22N4O5. The van der Waals surface area contributed by atoms with Gasteiger partial charge in [-0.15, -0.1) is 0 Å². The first-order valence-electron chi connectivity index (χ1n) is 9.91. The quantitative estimate of drug-likeness (QED) is 0.708. The minimum Gasteiger partial charge on any atom is -0.381 e. The summed E-state index contributed by atoms with van der Waals surface area (Å²) in [5.41, 5.74) is 1.92. The number of amides is 5. The maximum Gasteiger partial charge on any atom is 0.321 e. The molecular weight excluding hydrogens is 376 g/mol. The van der Waals surface area contributed by atoms with Gasteiger partial charge >= 0.3 is 6.03 Å². The van der Waals surface area contributed by atoms with Crippen LogP contribution in [-0.4, -0.2) is 65.9 Å². The van der Waals surface area contributed by atoms with E-state index in [-0.39, 0.29) is 30.8 Å². The van der Waals surface area contributed by atoms with Crippen LogP contribution in [0.25, 0.3) is 0 Å².